The standard InChI is InChI=1S/C11H16N2OS/c1-2-4-8-7-10(14)13-11(12-8)9-5-3-6-15-9/h7,9H,2-6H2,1H3,(H,12,13,14). The van der Waals surface area contributed by atoms with Gasteiger partial charge in [0.1, 0.15) is 5.82 Å². The van der Waals surface area contributed by atoms with E-state index in [-0.39, 0.29) is 5.56 Å². The van der Waals surface area contributed by atoms with Gasteiger partial charge in [-0.3, -0.25) is 4.79 Å². The van der Waals surface area contributed by atoms with Gasteiger partial charge in [0.25, 0.3) is 5.56 Å². The predicted molar refractivity (Wildman–Crippen MR) is 63.3 cm³/mol. The average molecular weight is 224 g/mol. The van der Waals surface area contributed by atoms with Crippen LogP contribution in [0, 0.1) is 0 Å². The second kappa shape index (κ2) is 4.84. The van der Waals surface area contributed by atoms with Crippen LogP contribution in [0.4, 0.5) is 0 Å². The molecule has 1 fully saturated rings. The summed E-state index contributed by atoms with van der Waals surface area (Å²) >= 11 is 1.90. The van der Waals surface area contributed by atoms with Crippen molar-refractivity contribution in [2.75, 3.05) is 5.75 Å². The first kappa shape index (κ1) is 10.7. The number of hydrogen-bond acceptors (Lipinski definition) is 3. The molecule has 0 amide bonds. The molecule has 0 aliphatic carbocycles. The Balaban J connectivity index is 2.26. The van der Waals surface area contributed by atoms with Gasteiger partial charge in [0.05, 0.1) is 5.25 Å². The van der Waals surface area contributed by atoms with Crippen LogP contribution in [0.5, 0.6) is 0 Å². The number of hydrogen-bond donors (Lipinski definition) is 1. The Kier molecular flexibility index (Phi) is 3.46. The maximum Gasteiger partial charge on any atom is 0.251 e. The lowest BCUT2D eigenvalue weighted by atomic mass is 10.2. The van der Waals surface area contributed by atoms with Gasteiger partial charge in [0.2, 0.25) is 0 Å². The molecule has 2 heterocycles. The van der Waals surface area contributed by atoms with Gasteiger partial charge in [-0.2, -0.15) is 11.8 Å². The fraction of sp³-hybridized carbons (Fsp3) is 0.636. The molecule has 2 rings (SSSR count). The molecule has 1 atom stereocenters. The van der Waals surface area contributed by atoms with E-state index in [9.17, 15) is 4.79 Å². The first-order chi connectivity index (χ1) is 7.29. The van der Waals surface area contributed by atoms with Crippen LogP contribution in [0.2, 0.25) is 0 Å². The average Bonchev–Trinajstić information content (AvgIpc) is 2.70. The molecule has 0 bridgehead atoms. The fourth-order valence-corrected chi connectivity index (χ4v) is 3.08. The van der Waals surface area contributed by atoms with Crippen molar-refractivity contribution in [2.24, 2.45) is 0 Å². The molecule has 0 spiro atoms. The van der Waals surface area contributed by atoms with Crippen molar-refractivity contribution in [3.8, 4) is 0 Å². The Hall–Kier alpha value is -0.770. The molecule has 3 nitrogen and oxygen atoms in total. The van der Waals surface area contributed by atoms with E-state index < -0.39 is 0 Å². The molecule has 82 valence electrons. The molecule has 15 heavy (non-hydrogen) atoms. The Bertz CT molecular complexity index is 382. The third-order valence-electron chi connectivity index (χ3n) is 2.55. The second-order valence-electron chi connectivity index (χ2n) is 3.87. The van der Waals surface area contributed by atoms with Crippen LogP contribution >= 0.6 is 11.8 Å². The molecule has 1 aromatic heterocycles. The Labute approximate surface area is 93.7 Å². The number of aryl methyl sites for hydroxylation is 1. The zero-order valence-electron chi connectivity index (χ0n) is 8.95. The number of aromatic nitrogens is 2. The van der Waals surface area contributed by atoms with Gasteiger partial charge in [-0.25, -0.2) is 4.98 Å². The number of nitrogens with one attached hydrogen (secondary N) is 1. The summed E-state index contributed by atoms with van der Waals surface area (Å²) in [6.45, 7) is 2.10. The Morgan fingerprint density at radius 1 is 1.67 bits per heavy atom. The number of rotatable bonds is 3. The molecular weight excluding hydrogens is 208 g/mol. The Morgan fingerprint density at radius 2 is 2.53 bits per heavy atom. The van der Waals surface area contributed by atoms with Gasteiger partial charge in [-0.15, -0.1) is 0 Å². The lowest BCUT2D eigenvalue weighted by Gasteiger charge is -2.08. The molecule has 1 aliphatic heterocycles. The molecule has 1 saturated heterocycles. The zero-order valence-corrected chi connectivity index (χ0v) is 9.77. The van der Waals surface area contributed by atoms with Gasteiger partial charge in [0, 0.05) is 11.8 Å². The van der Waals surface area contributed by atoms with E-state index in [0.717, 1.165) is 30.8 Å². The van der Waals surface area contributed by atoms with E-state index in [1.807, 2.05) is 11.8 Å². The summed E-state index contributed by atoms with van der Waals surface area (Å²) in [6.07, 6.45) is 4.31. The fourth-order valence-electron chi connectivity index (χ4n) is 1.86. The van der Waals surface area contributed by atoms with Crippen LogP contribution in [0.3, 0.4) is 0 Å². The lowest BCUT2D eigenvalue weighted by Crippen LogP contribution is -2.13. The highest BCUT2D eigenvalue weighted by Gasteiger charge is 2.20. The molecular formula is C11H16N2OS. The minimum Gasteiger partial charge on any atom is -0.310 e. The first-order valence-electron chi connectivity index (χ1n) is 5.51. The Morgan fingerprint density at radius 3 is 3.20 bits per heavy atom. The van der Waals surface area contributed by atoms with Crippen molar-refractivity contribution in [3.05, 3.63) is 27.9 Å². The molecule has 0 saturated carbocycles. The molecule has 1 aliphatic rings. The number of H-pyrrole nitrogens is 1. The van der Waals surface area contributed by atoms with Crippen molar-refractivity contribution in [1.29, 1.82) is 0 Å². The smallest absolute Gasteiger partial charge is 0.251 e. The first-order valence-corrected chi connectivity index (χ1v) is 6.56. The summed E-state index contributed by atoms with van der Waals surface area (Å²) in [7, 11) is 0. The van der Waals surface area contributed by atoms with Crippen LogP contribution in [0.15, 0.2) is 10.9 Å². The van der Waals surface area contributed by atoms with E-state index in [2.05, 4.69) is 16.9 Å². The van der Waals surface area contributed by atoms with E-state index in [1.165, 1.54) is 12.2 Å². The molecule has 1 N–H and O–H groups in total. The summed E-state index contributed by atoms with van der Waals surface area (Å²) in [6, 6.07) is 1.62. The van der Waals surface area contributed by atoms with E-state index in [0.29, 0.717) is 5.25 Å². The van der Waals surface area contributed by atoms with Gasteiger partial charge in [-0.1, -0.05) is 13.3 Å². The molecule has 0 radical (unpaired) electrons. The second-order valence-corrected chi connectivity index (χ2v) is 5.18. The number of aromatic amines is 1. The summed E-state index contributed by atoms with van der Waals surface area (Å²) < 4.78 is 0. The molecule has 1 aromatic rings. The highest BCUT2D eigenvalue weighted by atomic mass is 32.2. The van der Waals surface area contributed by atoms with Crippen molar-refractivity contribution in [1.82, 2.24) is 9.97 Å². The monoisotopic (exact) mass is 224 g/mol. The third kappa shape index (κ3) is 2.62. The highest BCUT2D eigenvalue weighted by molar-refractivity contribution is 7.99. The largest absolute Gasteiger partial charge is 0.310 e. The highest BCUT2D eigenvalue weighted by Crippen LogP contribution is 2.37. The van der Waals surface area contributed by atoms with Crippen LogP contribution in [-0.4, -0.2) is 15.7 Å². The van der Waals surface area contributed by atoms with Gasteiger partial charge >= 0.3 is 0 Å². The molecule has 1 unspecified atom stereocenters. The van der Waals surface area contributed by atoms with Crippen molar-refractivity contribution in [2.45, 2.75) is 37.9 Å². The van der Waals surface area contributed by atoms with Crippen LogP contribution in [-0.2, 0) is 6.42 Å². The number of nitrogens with zero attached hydrogens (tertiary/aromatic N) is 1. The van der Waals surface area contributed by atoms with Crippen LogP contribution < -0.4 is 5.56 Å². The maximum atomic E-state index is 11.4. The SMILES string of the molecule is CCCc1cc(=O)[nH]c(C2CCCS2)n1. The van der Waals surface area contributed by atoms with Crippen molar-refractivity contribution in [3.63, 3.8) is 0 Å². The summed E-state index contributed by atoms with van der Waals surface area (Å²) in [5.41, 5.74) is 0.930. The van der Waals surface area contributed by atoms with Gasteiger partial charge < -0.3 is 4.98 Å². The summed E-state index contributed by atoms with van der Waals surface area (Å²) in [5.74, 6) is 2.07. The maximum absolute atomic E-state index is 11.4. The van der Waals surface area contributed by atoms with E-state index in [4.69, 9.17) is 0 Å². The predicted octanol–water partition coefficient (Wildman–Crippen LogP) is 2.29. The van der Waals surface area contributed by atoms with Crippen LogP contribution in [0.1, 0.15) is 43.0 Å². The lowest BCUT2D eigenvalue weighted by molar-refractivity contribution is 0.750. The number of thioether (sulfide) groups is 1. The topological polar surface area (TPSA) is 45.8 Å². The summed E-state index contributed by atoms with van der Waals surface area (Å²) in [5, 5.41) is 0.412. The molecule has 4 heteroatoms. The van der Waals surface area contributed by atoms with Gasteiger partial charge in [0.15, 0.2) is 0 Å². The minimum absolute atomic E-state index is 0.00375. The molecule has 0 aromatic carbocycles. The van der Waals surface area contributed by atoms with Crippen molar-refractivity contribution < 1.29 is 0 Å². The van der Waals surface area contributed by atoms with E-state index >= 15 is 0 Å². The minimum atomic E-state index is -0.00375. The normalized spacial score (nSPS) is 20.7. The quantitative estimate of drug-likeness (QED) is 0.856. The van der Waals surface area contributed by atoms with E-state index in [1.54, 1.807) is 6.07 Å². The van der Waals surface area contributed by atoms with Crippen molar-refractivity contribution >= 4 is 11.8 Å². The third-order valence-corrected chi connectivity index (χ3v) is 3.94. The van der Waals surface area contributed by atoms with Gasteiger partial charge in [-0.05, 0) is 25.0 Å². The van der Waals surface area contributed by atoms with Crippen LogP contribution in [0.25, 0.3) is 0 Å². The zero-order chi connectivity index (χ0) is 10.7. The summed E-state index contributed by atoms with van der Waals surface area (Å²) in [4.78, 5) is 18.8.